The van der Waals surface area contributed by atoms with Gasteiger partial charge in [-0.05, 0) is 37.6 Å². The van der Waals surface area contributed by atoms with Gasteiger partial charge in [0.1, 0.15) is 0 Å². The highest BCUT2D eigenvalue weighted by atomic mass is 35.5. The van der Waals surface area contributed by atoms with Crippen molar-refractivity contribution in [2.75, 3.05) is 13.1 Å². The Kier molecular flexibility index (Phi) is 9.15. The molecule has 0 aliphatic carbocycles. The molecule has 0 aromatic heterocycles. The van der Waals surface area contributed by atoms with E-state index in [1.165, 1.54) is 31.0 Å². The van der Waals surface area contributed by atoms with Gasteiger partial charge in [-0.25, -0.2) is 4.99 Å². The van der Waals surface area contributed by atoms with Gasteiger partial charge >= 0.3 is 0 Å². The molecule has 1 atom stereocenters. The molecule has 1 saturated heterocycles. The Labute approximate surface area is 170 Å². The minimum atomic E-state index is -0.431. The van der Waals surface area contributed by atoms with Gasteiger partial charge in [-0.2, -0.15) is 0 Å². The number of nitrogens with one attached hydrogen (secondary N) is 1. The summed E-state index contributed by atoms with van der Waals surface area (Å²) in [6, 6.07) is 7.17. The van der Waals surface area contributed by atoms with E-state index in [1.807, 2.05) is 19.1 Å². The summed E-state index contributed by atoms with van der Waals surface area (Å²) in [5.41, 5.74) is 0.724. The molecule has 1 aromatic rings. The third-order valence-electron chi connectivity index (χ3n) is 4.32. The highest BCUT2D eigenvalue weighted by molar-refractivity contribution is 8.15. The van der Waals surface area contributed by atoms with E-state index in [2.05, 4.69) is 17.2 Å². The number of thioether (sulfide) groups is 1. The van der Waals surface area contributed by atoms with E-state index >= 15 is 0 Å². The zero-order valence-corrected chi connectivity index (χ0v) is 17.6. The van der Waals surface area contributed by atoms with Gasteiger partial charge < -0.3 is 5.32 Å². The van der Waals surface area contributed by atoms with E-state index in [0.717, 1.165) is 18.5 Å². The number of aliphatic imine (C=N–C) groups is 1. The monoisotopic (exact) mass is 409 g/mol. The fraction of sp³-hybridized carbons (Fsp3) is 0.550. The molecule has 27 heavy (non-hydrogen) atoms. The van der Waals surface area contributed by atoms with E-state index in [1.54, 1.807) is 17.0 Å². The summed E-state index contributed by atoms with van der Waals surface area (Å²) in [7, 11) is 0. The normalized spacial score (nSPS) is 18.8. The summed E-state index contributed by atoms with van der Waals surface area (Å²) in [6.45, 7) is 5.25. The van der Waals surface area contributed by atoms with Crippen LogP contribution in [-0.4, -0.2) is 40.2 Å². The second-order valence-corrected chi connectivity index (χ2v) is 8.14. The van der Waals surface area contributed by atoms with Crippen molar-refractivity contribution in [3.05, 3.63) is 29.3 Å². The van der Waals surface area contributed by atoms with Crippen molar-refractivity contribution < 1.29 is 9.59 Å². The average Bonchev–Trinajstić information content (AvgIpc) is 2.65. The first-order valence-corrected chi connectivity index (χ1v) is 10.9. The number of carbonyl (C=O) groups is 2. The molecular formula is C20H28ClN3O2S. The summed E-state index contributed by atoms with van der Waals surface area (Å²) >= 11 is 7.31. The van der Waals surface area contributed by atoms with Crippen molar-refractivity contribution in [3.63, 3.8) is 0 Å². The molecule has 1 unspecified atom stereocenters. The number of nitrogens with zero attached hydrogens (tertiary/aromatic N) is 2. The molecule has 0 bridgehead atoms. The van der Waals surface area contributed by atoms with E-state index in [0.29, 0.717) is 23.3 Å². The highest BCUT2D eigenvalue weighted by Gasteiger charge is 2.35. The maximum atomic E-state index is 12.7. The second-order valence-electron chi connectivity index (χ2n) is 6.54. The number of hydrogen-bond donors (Lipinski definition) is 1. The lowest BCUT2D eigenvalue weighted by Crippen LogP contribution is -2.47. The van der Waals surface area contributed by atoms with Crippen LogP contribution in [0.3, 0.4) is 0 Å². The molecule has 0 spiro atoms. The van der Waals surface area contributed by atoms with E-state index in [4.69, 9.17) is 11.6 Å². The van der Waals surface area contributed by atoms with Crippen LogP contribution in [0, 0.1) is 0 Å². The van der Waals surface area contributed by atoms with Crippen molar-refractivity contribution in [1.29, 1.82) is 0 Å². The molecule has 1 heterocycles. The predicted octanol–water partition coefficient (Wildman–Crippen LogP) is 4.77. The number of rotatable bonds is 9. The Morgan fingerprint density at radius 1 is 1.22 bits per heavy atom. The second kappa shape index (κ2) is 11.3. The summed E-state index contributed by atoms with van der Waals surface area (Å²) < 4.78 is 0. The molecule has 2 rings (SSSR count). The maximum absolute atomic E-state index is 12.7. The van der Waals surface area contributed by atoms with E-state index in [9.17, 15) is 9.59 Å². The fourth-order valence-corrected chi connectivity index (χ4v) is 4.12. The van der Waals surface area contributed by atoms with Gasteiger partial charge in [-0.1, -0.05) is 56.0 Å². The van der Waals surface area contributed by atoms with Crippen molar-refractivity contribution in [2.45, 2.75) is 57.6 Å². The quantitative estimate of drug-likeness (QED) is 0.597. The molecule has 1 N–H and O–H groups in total. The largest absolute Gasteiger partial charge is 0.355 e. The first-order chi connectivity index (χ1) is 13.0. The summed E-state index contributed by atoms with van der Waals surface area (Å²) in [4.78, 5) is 31.4. The lowest BCUT2D eigenvalue weighted by atomic mass is 10.1. The Morgan fingerprint density at radius 3 is 2.59 bits per heavy atom. The van der Waals surface area contributed by atoms with Crippen molar-refractivity contribution in [1.82, 2.24) is 10.2 Å². The molecule has 0 radical (unpaired) electrons. The van der Waals surface area contributed by atoms with Crippen LogP contribution < -0.4 is 5.32 Å². The zero-order valence-electron chi connectivity index (χ0n) is 16.0. The number of carbonyl (C=O) groups excluding carboxylic acids is 2. The highest BCUT2D eigenvalue weighted by Crippen LogP contribution is 2.30. The van der Waals surface area contributed by atoms with Crippen molar-refractivity contribution >= 4 is 46.0 Å². The average molecular weight is 410 g/mol. The Hall–Kier alpha value is -1.53. The van der Waals surface area contributed by atoms with Crippen LogP contribution in [0.2, 0.25) is 5.02 Å². The molecule has 0 saturated carbocycles. The summed E-state index contributed by atoms with van der Waals surface area (Å²) in [6.07, 6.45) is 5.83. The number of benzene rings is 1. The van der Waals surface area contributed by atoms with Crippen LogP contribution in [0.5, 0.6) is 0 Å². The first-order valence-electron chi connectivity index (χ1n) is 9.64. The lowest BCUT2D eigenvalue weighted by Gasteiger charge is -2.31. The summed E-state index contributed by atoms with van der Waals surface area (Å²) in [5.74, 6) is -0.143. The van der Waals surface area contributed by atoms with E-state index in [-0.39, 0.29) is 18.2 Å². The first kappa shape index (κ1) is 21.8. The molecule has 1 fully saturated rings. The fourth-order valence-electron chi connectivity index (χ4n) is 2.85. The molecule has 1 aliphatic rings. The topological polar surface area (TPSA) is 61.8 Å². The number of amides is 2. The van der Waals surface area contributed by atoms with Crippen molar-refractivity contribution in [2.24, 2.45) is 4.99 Å². The van der Waals surface area contributed by atoms with Crippen LogP contribution in [0.4, 0.5) is 5.69 Å². The maximum Gasteiger partial charge on any atom is 0.234 e. The van der Waals surface area contributed by atoms with Crippen LogP contribution in [0.25, 0.3) is 0 Å². The summed E-state index contributed by atoms with van der Waals surface area (Å²) in [5, 5.41) is 3.61. The van der Waals surface area contributed by atoms with Crippen LogP contribution >= 0.6 is 23.4 Å². The molecule has 5 nitrogen and oxygen atoms in total. The number of hydrogen-bond acceptors (Lipinski definition) is 4. The molecule has 7 heteroatoms. The number of halogens is 1. The van der Waals surface area contributed by atoms with Gasteiger partial charge in [0.05, 0.1) is 10.9 Å². The van der Waals surface area contributed by atoms with Gasteiger partial charge in [0.2, 0.25) is 11.8 Å². The predicted molar refractivity (Wildman–Crippen MR) is 114 cm³/mol. The van der Waals surface area contributed by atoms with Gasteiger partial charge in [-0.15, -0.1) is 0 Å². The zero-order chi connectivity index (χ0) is 19.6. The van der Waals surface area contributed by atoms with Gasteiger partial charge in [0.15, 0.2) is 5.17 Å². The lowest BCUT2D eigenvalue weighted by molar-refractivity contribution is -0.130. The Bertz CT molecular complexity index is 664. The molecular weight excluding hydrogens is 382 g/mol. The van der Waals surface area contributed by atoms with Crippen LogP contribution in [0.1, 0.15) is 52.4 Å². The van der Waals surface area contributed by atoms with Crippen LogP contribution in [-0.2, 0) is 9.59 Å². The molecule has 2 amide bonds. The molecule has 148 valence electrons. The van der Waals surface area contributed by atoms with Crippen LogP contribution in [0.15, 0.2) is 29.3 Å². The Morgan fingerprint density at radius 2 is 1.93 bits per heavy atom. The van der Waals surface area contributed by atoms with Gasteiger partial charge in [-0.3, -0.25) is 14.5 Å². The third-order valence-corrected chi connectivity index (χ3v) is 5.76. The van der Waals surface area contributed by atoms with Gasteiger partial charge in [0.25, 0.3) is 0 Å². The van der Waals surface area contributed by atoms with Crippen molar-refractivity contribution in [3.8, 4) is 0 Å². The minimum absolute atomic E-state index is 0.0341. The SMILES string of the molecule is CCCCCCCN1C(=O)CC(C(=O)NCC)SC1=Nc1ccc(Cl)cc1. The standard InChI is InChI=1S/C20H28ClN3O2S/c1-3-5-6-7-8-13-24-18(25)14-17(19(26)22-4-2)27-20(24)23-16-11-9-15(21)10-12-16/h9-12,17H,3-8,13-14H2,1-2H3,(H,22,26). The van der Waals surface area contributed by atoms with E-state index < -0.39 is 5.25 Å². The number of amidine groups is 1. The third kappa shape index (κ3) is 6.85. The minimum Gasteiger partial charge on any atom is -0.355 e. The van der Waals surface area contributed by atoms with Gasteiger partial charge in [0, 0.05) is 24.5 Å². The number of unbranched alkanes of at least 4 members (excludes halogenated alkanes) is 4. The smallest absolute Gasteiger partial charge is 0.234 e. The molecule has 1 aromatic carbocycles. The Balaban J connectivity index is 2.15. The molecule has 1 aliphatic heterocycles.